The fourth-order valence-corrected chi connectivity index (χ4v) is 3.05. The molecule has 0 amide bonds. The molecule has 0 aliphatic carbocycles. The van der Waals surface area contributed by atoms with Crippen molar-refractivity contribution < 1.29 is 0 Å². The molecule has 0 fully saturated rings. The fraction of sp³-hybridized carbons (Fsp3) is 0.200. The van der Waals surface area contributed by atoms with Gasteiger partial charge in [0.1, 0.15) is 0 Å². The van der Waals surface area contributed by atoms with E-state index in [4.69, 9.17) is 0 Å². The lowest BCUT2D eigenvalue weighted by molar-refractivity contribution is 0.938. The van der Waals surface area contributed by atoms with Crippen LogP contribution in [-0.2, 0) is 0 Å². The maximum Gasteiger partial charge on any atom is 0.187 e. The van der Waals surface area contributed by atoms with Crippen molar-refractivity contribution in [3.63, 3.8) is 0 Å². The second-order valence-electron chi connectivity index (χ2n) is 5.74. The van der Waals surface area contributed by atoms with E-state index in [0.29, 0.717) is 5.92 Å². The first-order valence-corrected chi connectivity index (χ1v) is 7.59. The van der Waals surface area contributed by atoms with Crippen molar-refractivity contribution in [2.75, 3.05) is 0 Å². The molecular formula is C20H20B. The van der Waals surface area contributed by atoms with Gasteiger partial charge < -0.3 is 0 Å². The van der Waals surface area contributed by atoms with Gasteiger partial charge >= 0.3 is 0 Å². The van der Waals surface area contributed by atoms with Crippen LogP contribution in [0.15, 0.2) is 66.2 Å². The first kappa shape index (κ1) is 13.9. The lowest BCUT2D eigenvalue weighted by Gasteiger charge is -2.09. The number of benzene rings is 2. The van der Waals surface area contributed by atoms with Gasteiger partial charge in [0.2, 0.25) is 0 Å². The van der Waals surface area contributed by atoms with Crippen LogP contribution in [0.25, 0.3) is 16.3 Å². The fourth-order valence-electron chi connectivity index (χ4n) is 3.05. The number of hydrogen-bond acceptors (Lipinski definition) is 0. The van der Waals surface area contributed by atoms with E-state index in [-0.39, 0.29) is 0 Å². The van der Waals surface area contributed by atoms with Gasteiger partial charge in [-0.3, -0.25) is 0 Å². The lowest BCUT2D eigenvalue weighted by atomic mass is 9.67. The van der Waals surface area contributed by atoms with E-state index >= 15 is 0 Å². The minimum absolute atomic E-state index is 0.467. The maximum atomic E-state index is 2.29. The van der Waals surface area contributed by atoms with Gasteiger partial charge in [0.25, 0.3) is 0 Å². The van der Waals surface area contributed by atoms with Crippen LogP contribution in [0.5, 0.6) is 0 Å². The highest BCUT2D eigenvalue weighted by Gasteiger charge is 2.20. The molecule has 1 heterocycles. The molecule has 1 aliphatic rings. The summed E-state index contributed by atoms with van der Waals surface area (Å²) in [6, 6.07) is 13.1. The summed E-state index contributed by atoms with van der Waals surface area (Å²) in [5.74, 6) is 0.467. The van der Waals surface area contributed by atoms with E-state index in [1.807, 2.05) is 0 Å². The van der Waals surface area contributed by atoms with E-state index in [1.165, 1.54) is 32.8 Å². The molecule has 3 rings (SSSR count). The van der Waals surface area contributed by atoms with Crippen LogP contribution >= 0.6 is 0 Å². The molecule has 2 aromatic rings. The molecule has 103 valence electrons. The summed E-state index contributed by atoms with van der Waals surface area (Å²) >= 11 is 0. The van der Waals surface area contributed by atoms with Crippen molar-refractivity contribution in [3.8, 4) is 0 Å². The Bertz CT molecular complexity index is 763. The van der Waals surface area contributed by atoms with Crippen molar-refractivity contribution in [1.29, 1.82) is 0 Å². The summed E-state index contributed by atoms with van der Waals surface area (Å²) in [6.45, 7) is 6.49. The highest BCUT2D eigenvalue weighted by Crippen LogP contribution is 2.31. The minimum Gasteiger partial charge on any atom is -0.0978 e. The first-order chi connectivity index (χ1) is 10.2. The van der Waals surface area contributed by atoms with Gasteiger partial charge in [0.15, 0.2) is 7.28 Å². The largest absolute Gasteiger partial charge is 0.187 e. The van der Waals surface area contributed by atoms with E-state index in [0.717, 1.165) is 0 Å². The minimum atomic E-state index is 0.467. The Labute approximate surface area is 128 Å². The van der Waals surface area contributed by atoms with Crippen LogP contribution in [0.3, 0.4) is 0 Å². The van der Waals surface area contributed by atoms with Crippen molar-refractivity contribution in [3.05, 3.63) is 71.7 Å². The summed E-state index contributed by atoms with van der Waals surface area (Å²) in [6.07, 6.45) is 8.90. The molecule has 1 aliphatic heterocycles. The first-order valence-electron chi connectivity index (χ1n) is 7.59. The Kier molecular flexibility index (Phi) is 3.83. The third kappa shape index (κ3) is 2.61. The normalized spacial score (nSPS) is 16.0. The lowest BCUT2D eigenvalue weighted by Crippen LogP contribution is -2.12. The number of rotatable bonds is 3. The van der Waals surface area contributed by atoms with Crippen molar-refractivity contribution in [1.82, 2.24) is 0 Å². The molecular weight excluding hydrogens is 251 g/mol. The standard InChI is InChI=1S/C20H20B/c1-4-7-14(2)10-12-17-15(3)21-19-13-11-16-8-5-6-9-18(16)20(17)19/h4-14H,1-3H3/b7-4-,12-10-. The number of hydrogen-bond donors (Lipinski definition) is 0. The summed E-state index contributed by atoms with van der Waals surface area (Å²) in [5, 5.41) is 2.66. The third-order valence-corrected chi connectivity index (χ3v) is 4.09. The molecule has 1 radical (unpaired) electrons. The second-order valence-corrected chi connectivity index (χ2v) is 5.74. The summed E-state index contributed by atoms with van der Waals surface area (Å²) < 4.78 is 0. The van der Waals surface area contributed by atoms with Gasteiger partial charge in [0.05, 0.1) is 0 Å². The van der Waals surface area contributed by atoms with Crippen LogP contribution in [-0.4, -0.2) is 7.28 Å². The smallest absolute Gasteiger partial charge is 0.0978 e. The molecule has 0 bridgehead atoms. The zero-order valence-electron chi connectivity index (χ0n) is 12.9. The molecule has 0 saturated carbocycles. The number of allylic oxidation sites excluding steroid dienone is 6. The summed E-state index contributed by atoms with van der Waals surface area (Å²) in [5.41, 5.74) is 5.43. The molecule has 0 N–H and O–H groups in total. The Morgan fingerprint density at radius 1 is 1.05 bits per heavy atom. The van der Waals surface area contributed by atoms with E-state index in [9.17, 15) is 0 Å². The van der Waals surface area contributed by atoms with Gasteiger partial charge in [-0.2, -0.15) is 0 Å². The van der Waals surface area contributed by atoms with Gasteiger partial charge in [-0.25, -0.2) is 0 Å². The summed E-state index contributed by atoms with van der Waals surface area (Å²) in [7, 11) is 2.29. The Morgan fingerprint density at radius 2 is 1.86 bits per heavy atom. The maximum absolute atomic E-state index is 2.29. The zero-order valence-corrected chi connectivity index (χ0v) is 12.9. The topological polar surface area (TPSA) is 0 Å². The van der Waals surface area contributed by atoms with Crippen LogP contribution in [0.4, 0.5) is 0 Å². The van der Waals surface area contributed by atoms with E-state index < -0.39 is 0 Å². The molecule has 1 atom stereocenters. The zero-order chi connectivity index (χ0) is 14.8. The number of fused-ring (bicyclic) bond motifs is 3. The molecule has 0 aromatic heterocycles. The second kappa shape index (κ2) is 5.77. The van der Waals surface area contributed by atoms with Crippen molar-refractivity contribution >= 4 is 29.1 Å². The molecule has 0 saturated heterocycles. The third-order valence-electron chi connectivity index (χ3n) is 4.09. The Morgan fingerprint density at radius 3 is 2.67 bits per heavy atom. The SMILES string of the molecule is C/C=C\C(C)/C=C\C1=C(C)[B]c2ccc3ccccc3c21. The highest BCUT2D eigenvalue weighted by molar-refractivity contribution is 6.67. The summed E-state index contributed by atoms with van der Waals surface area (Å²) in [4.78, 5) is 0. The van der Waals surface area contributed by atoms with Crippen molar-refractivity contribution in [2.45, 2.75) is 20.8 Å². The molecule has 2 aromatic carbocycles. The Balaban J connectivity index is 2.09. The van der Waals surface area contributed by atoms with Gasteiger partial charge in [-0.1, -0.05) is 85.5 Å². The van der Waals surface area contributed by atoms with Crippen LogP contribution in [0.1, 0.15) is 26.3 Å². The quantitative estimate of drug-likeness (QED) is 0.561. The van der Waals surface area contributed by atoms with Crippen LogP contribution < -0.4 is 5.46 Å². The van der Waals surface area contributed by atoms with Crippen LogP contribution in [0, 0.1) is 5.92 Å². The van der Waals surface area contributed by atoms with E-state index in [1.54, 1.807) is 0 Å². The monoisotopic (exact) mass is 271 g/mol. The van der Waals surface area contributed by atoms with Crippen molar-refractivity contribution in [2.24, 2.45) is 5.92 Å². The van der Waals surface area contributed by atoms with Crippen LogP contribution in [0.2, 0.25) is 0 Å². The average Bonchev–Trinajstić information content (AvgIpc) is 2.81. The van der Waals surface area contributed by atoms with E-state index in [2.05, 4.69) is 88.8 Å². The predicted octanol–water partition coefficient (Wildman–Crippen LogP) is 4.68. The highest BCUT2D eigenvalue weighted by atomic mass is 14.2. The molecule has 0 spiro atoms. The Hall–Kier alpha value is -2.02. The average molecular weight is 271 g/mol. The molecule has 21 heavy (non-hydrogen) atoms. The molecule has 0 nitrogen and oxygen atoms in total. The molecule has 1 heteroatoms. The van der Waals surface area contributed by atoms with Gasteiger partial charge in [-0.05, 0) is 34.8 Å². The van der Waals surface area contributed by atoms with Gasteiger partial charge in [-0.15, -0.1) is 0 Å². The molecule has 1 unspecified atom stereocenters. The van der Waals surface area contributed by atoms with Gasteiger partial charge in [0, 0.05) is 0 Å². The predicted molar refractivity (Wildman–Crippen MR) is 95.0 cm³/mol.